The van der Waals surface area contributed by atoms with Gasteiger partial charge in [0.05, 0.1) is 5.69 Å². The molecule has 0 bridgehead atoms. The lowest BCUT2D eigenvalue weighted by Gasteiger charge is -2.21. The quantitative estimate of drug-likeness (QED) is 0.792. The van der Waals surface area contributed by atoms with E-state index in [9.17, 15) is 13.2 Å². The molecule has 2 aromatic rings. The molecule has 27 heavy (non-hydrogen) atoms. The maximum atomic E-state index is 12.6. The summed E-state index contributed by atoms with van der Waals surface area (Å²) in [5.74, 6) is 0.180. The zero-order valence-electron chi connectivity index (χ0n) is 16.3. The molecule has 2 rings (SSSR count). The van der Waals surface area contributed by atoms with E-state index < -0.39 is 21.5 Å². The minimum atomic E-state index is -3.78. The summed E-state index contributed by atoms with van der Waals surface area (Å²) in [6, 6.07) is 12.0. The topological polar surface area (TPSA) is 84.5 Å². The van der Waals surface area contributed by atoms with Gasteiger partial charge in [0.15, 0.2) is 6.61 Å². The number of benzene rings is 2. The van der Waals surface area contributed by atoms with Gasteiger partial charge in [0.2, 0.25) is 10.0 Å². The number of hydrogen-bond acceptors (Lipinski definition) is 4. The van der Waals surface area contributed by atoms with Gasteiger partial charge in [0.1, 0.15) is 10.6 Å². The van der Waals surface area contributed by atoms with Gasteiger partial charge < -0.3 is 10.1 Å². The first-order valence-electron chi connectivity index (χ1n) is 8.61. The van der Waals surface area contributed by atoms with E-state index in [0.717, 1.165) is 11.1 Å². The van der Waals surface area contributed by atoms with Crippen LogP contribution in [0, 0.1) is 13.8 Å². The van der Waals surface area contributed by atoms with Crippen molar-refractivity contribution in [3.8, 4) is 5.75 Å². The van der Waals surface area contributed by atoms with Crippen molar-refractivity contribution in [2.24, 2.45) is 0 Å². The van der Waals surface area contributed by atoms with E-state index >= 15 is 0 Å². The van der Waals surface area contributed by atoms with Crippen molar-refractivity contribution in [3.63, 3.8) is 0 Å². The van der Waals surface area contributed by atoms with E-state index in [2.05, 4.69) is 10.0 Å². The lowest BCUT2D eigenvalue weighted by Crippen LogP contribution is -2.40. The number of carbonyl (C=O) groups is 1. The average Bonchev–Trinajstić information content (AvgIpc) is 2.52. The van der Waals surface area contributed by atoms with Crippen molar-refractivity contribution in [1.29, 1.82) is 0 Å². The fourth-order valence-electron chi connectivity index (χ4n) is 2.55. The van der Waals surface area contributed by atoms with Crippen molar-refractivity contribution in [2.75, 3.05) is 11.9 Å². The first kappa shape index (κ1) is 20.9. The van der Waals surface area contributed by atoms with Gasteiger partial charge in [-0.3, -0.25) is 4.79 Å². The Morgan fingerprint density at radius 1 is 1.07 bits per heavy atom. The van der Waals surface area contributed by atoms with Crippen LogP contribution in [0.5, 0.6) is 5.75 Å². The molecule has 0 atom stereocenters. The summed E-state index contributed by atoms with van der Waals surface area (Å²) in [6.07, 6.45) is 0. The lowest BCUT2D eigenvalue weighted by molar-refractivity contribution is -0.118. The van der Waals surface area contributed by atoms with Crippen molar-refractivity contribution >= 4 is 21.6 Å². The monoisotopic (exact) mass is 390 g/mol. The molecular weight excluding hydrogens is 364 g/mol. The van der Waals surface area contributed by atoms with Crippen LogP contribution in [0.15, 0.2) is 47.4 Å². The van der Waals surface area contributed by atoms with Crippen LogP contribution in [0.1, 0.15) is 31.9 Å². The van der Waals surface area contributed by atoms with Crippen molar-refractivity contribution < 1.29 is 17.9 Å². The lowest BCUT2D eigenvalue weighted by atomic mass is 10.1. The standard InChI is InChI=1S/C20H26N2O4S/c1-14-10-11-17(15(2)12-14)26-13-19(23)21-16-8-6-7-9-18(16)27(24,25)22-20(3,4)5/h6-12,22H,13H2,1-5H3,(H,21,23). The zero-order chi connectivity index (χ0) is 20.2. The first-order valence-corrected chi connectivity index (χ1v) is 10.1. The van der Waals surface area contributed by atoms with Crippen molar-refractivity contribution in [3.05, 3.63) is 53.6 Å². The molecule has 0 saturated heterocycles. The van der Waals surface area contributed by atoms with Crippen molar-refractivity contribution in [1.82, 2.24) is 4.72 Å². The summed E-state index contributed by atoms with van der Waals surface area (Å²) in [6.45, 7) is 8.92. The third-order valence-corrected chi connectivity index (χ3v) is 5.40. The molecule has 0 unspecified atom stereocenters. The Labute approximate surface area is 161 Å². The molecule has 0 saturated carbocycles. The van der Waals surface area contributed by atoms with Crippen molar-refractivity contribution in [2.45, 2.75) is 45.1 Å². The zero-order valence-corrected chi connectivity index (χ0v) is 17.1. The average molecular weight is 391 g/mol. The molecule has 0 aromatic heterocycles. The molecule has 2 aromatic carbocycles. The molecule has 0 aliphatic carbocycles. The summed E-state index contributed by atoms with van der Waals surface area (Å²) >= 11 is 0. The molecule has 0 spiro atoms. The number of rotatable bonds is 6. The first-order chi connectivity index (χ1) is 12.5. The molecule has 0 radical (unpaired) electrons. The number of aryl methyl sites for hydroxylation is 2. The molecule has 146 valence electrons. The SMILES string of the molecule is Cc1ccc(OCC(=O)Nc2ccccc2S(=O)(=O)NC(C)(C)C)c(C)c1. The third kappa shape index (κ3) is 6.08. The van der Waals surface area contributed by atoms with Gasteiger partial charge in [0, 0.05) is 5.54 Å². The van der Waals surface area contributed by atoms with E-state index in [1.54, 1.807) is 39.0 Å². The molecule has 0 aliphatic rings. The Morgan fingerprint density at radius 2 is 1.74 bits per heavy atom. The Hall–Kier alpha value is -2.38. The van der Waals surface area contributed by atoms with Gasteiger partial charge in [-0.1, -0.05) is 29.8 Å². The Morgan fingerprint density at radius 3 is 2.37 bits per heavy atom. The van der Waals surface area contributed by atoms with E-state index in [-0.39, 0.29) is 17.2 Å². The highest BCUT2D eigenvalue weighted by Gasteiger charge is 2.25. The number of hydrogen-bond donors (Lipinski definition) is 2. The van der Waals surface area contributed by atoms with E-state index in [4.69, 9.17) is 4.74 Å². The van der Waals surface area contributed by atoms with Crippen LogP contribution in [0.3, 0.4) is 0 Å². The number of nitrogens with one attached hydrogen (secondary N) is 2. The highest BCUT2D eigenvalue weighted by atomic mass is 32.2. The van der Waals surface area contributed by atoms with Gasteiger partial charge in [-0.25, -0.2) is 13.1 Å². The highest BCUT2D eigenvalue weighted by Crippen LogP contribution is 2.23. The van der Waals surface area contributed by atoms with Crippen LogP contribution in [0.25, 0.3) is 0 Å². The Balaban J connectivity index is 2.12. The largest absolute Gasteiger partial charge is 0.483 e. The summed E-state index contributed by atoms with van der Waals surface area (Å²) in [5, 5.41) is 2.62. The van der Waals surface area contributed by atoms with Crippen LogP contribution in [-0.2, 0) is 14.8 Å². The van der Waals surface area contributed by atoms with E-state index in [1.807, 2.05) is 32.0 Å². The third-order valence-electron chi connectivity index (χ3n) is 3.58. The number of sulfonamides is 1. The van der Waals surface area contributed by atoms with Gasteiger partial charge in [-0.05, 0) is 58.4 Å². The van der Waals surface area contributed by atoms with E-state index in [0.29, 0.717) is 5.75 Å². The summed E-state index contributed by atoms with van der Waals surface area (Å²) in [5.41, 5.74) is 1.61. The molecule has 0 fully saturated rings. The minimum absolute atomic E-state index is 0.0137. The Kier molecular flexibility index (Phi) is 6.28. The number of para-hydroxylation sites is 1. The number of ether oxygens (including phenoxy) is 1. The smallest absolute Gasteiger partial charge is 0.262 e. The number of amides is 1. The molecule has 6 nitrogen and oxygen atoms in total. The maximum absolute atomic E-state index is 12.6. The van der Waals surface area contributed by atoms with Gasteiger partial charge in [-0.15, -0.1) is 0 Å². The van der Waals surface area contributed by atoms with Crippen LogP contribution < -0.4 is 14.8 Å². The summed E-state index contributed by atoms with van der Waals surface area (Å²) in [7, 11) is -3.78. The molecule has 0 aliphatic heterocycles. The minimum Gasteiger partial charge on any atom is -0.483 e. The number of carbonyl (C=O) groups excluding carboxylic acids is 1. The molecule has 1 amide bonds. The predicted octanol–water partition coefficient (Wildman–Crippen LogP) is 3.40. The molecule has 7 heteroatoms. The Bertz CT molecular complexity index is 931. The summed E-state index contributed by atoms with van der Waals surface area (Å²) in [4.78, 5) is 12.3. The van der Waals surface area contributed by atoms with Gasteiger partial charge in [-0.2, -0.15) is 0 Å². The summed E-state index contributed by atoms with van der Waals surface area (Å²) < 4.78 is 33.4. The fraction of sp³-hybridized carbons (Fsp3) is 0.350. The highest BCUT2D eigenvalue weighted by molar-refractivity contribution is 7.89. The normalized spacial score (nSPS) is 11.9. The van der Waals surface area contributed by atoms with Gasteiger partial charge in [0.25, 0.3) is 5.91 Å². The van der Waals surface area contributed by atoms with Crippen LogP contribution in [0.2, 0.25) is 0 Å². The second kappa shape index (κ2) is 8.10. The second-order valence-electron chi connectivity index (χ2n) is 7.46. The van der Waals surface area contributed by atoms with Crippen LogP contribution in [-0.4, -0.2) is 26.5 Å². The second-order valence-corrected chi connectivity index (χ2v) is 9.11. The number of anilines is 1. The maximum Gasteiger partial charge on any atom is 0.262 e. The molecule has 2 N–H and O–H groups in total. The predicted molar refractivity (Wildman–Crippen MR) is 107 cm³/mol. The van der Waals surface area contributed by atoms with Crippen LogP contribution in [0.4, 0.5) is 5.69 Å². The van der Waals surface area contributed by atoms with Gasteiger partial charge >= 0.3 is 0 Å². The molecule has 0 heterocycles. The fourth-order valence-corrected chi connectivity index (χ4v) is 4.14. The van der Waals surface area contributed by atoms with Crippen LogP contribution >= 0.6 is 0 Å². The van der Waals surface area contributed by atoms with E-state index in [1.165, 1.54) is 6.07 Å². The molecular formula is C20H26N2O4S.